The highest BCUT2D eigenvalue weighted by atomic mass is 35.5. The number of rotatable bonds is 2. The quantitative estimate of drug-likeness (QED) is 0.855. The van der Waals surface area contributed by atoms with Gasteiger partial charge in [-0.3, -0.25) is 0 Å². The van der Waals surface area contributed by atoms with Crippen molar-refractivity contribution in [3.63, 3.8) is 0 Å². The standard InChI is InChI=1S/C15H13ClN2OS/c1-19-12-5-3-11(4-6-12)18-9-17-15(20)13-7-2-10(16)8-14(13)18/h2-8H,9H2,1H3,(H,17,20). The van der Waals surface area contributed by atoms with E-state index in [1.54, 1.807) is 7.11 Å². The maximum atomic E-state index is 6.11. The molecule has 0 fully saturated rings. The lowest BCUT2D eigenvalue weighted by atomic mass is 10.1. The summed E-state index contributed by atoms with van der Waals surface area (Å²) in [5.74, 6) is 0.834. The maximum absolute atomic E-state index is 6.11. The van der Waals surface area contributed by atoms with E-state index in [9.17, 15) is 0 Å². The fourth-order valence-electron chi connectivity index (χ4n) is 2.24. The number of methoxy groups -OCH3 is 1. The highest BCUT2D eigenvalue weighted by molar-refractivity contribution is 7.80. The van der Waals surface area contributed by atoms with E-state index in [0.717, 1.165) is 27.7 Å². The van der Waals surface area contributed by atoms with E-state index in [0.29, 0.717) is 11.7 Å². The van der Waals surface area contributed by atoms with Gasteiger partial charge in [-0.1, -0.05) is 23.8 Å². The monoisotopic (exact) mass is 304 g/mol. The van der Waals surface area contributed by atoms with Crippen molar-refractivity contribution in [1.82, 2.24) is 5.32 Å². The average molecular weight is 305 g/mol. The van der Waals surface area contributed by atoms with Gasteiger partial charge in [0.05, 0.1) is 19.5 Å². The molecule has 0 unspecified atom stereocenters. The predicted molar refractivity (Wildman–Crippen MR) is 86.3 cm³/mol. The molecule has 0 amide bonds. The normalized spacial score (nSPS) is 13.7. The van der Waals surface area contributed by atoms with Crippen LogP contribution in [0.5, 0.6) is 5.75 Å². The van der Waals surface area contributed by atoms with Gasteiger partial charge < -0.3 is 15.0 Å². The van der Waals surface area contributed by atoms with Crippen molar-refractivity contribution in [2.75, 3.05) is 18.7 Å². The van der Waals surface area contributed by atoms with Crippen molar-refractivity contribution in [3.05, 3.63) is 53.1 Å². The summed E-state index contributed by atoms with van der Waals surface area (Å²) in [4.78, 5) is 2.89. The number of nitrogens with zero attached hydrogens (tertiary/aromatic N) is 1. The summed E-state index contributed by atoms with van der Waals surface area (Å²) in [6.07, 6.45) is 0. The molecule has 1 heterocycles. The topological polar surface area (TPSA) is 24.5 Å². The van der Waals surface area contributed by atoms with Crippen molar-refractivity contribution >= 4 is 40.2 Å². The number of hydrogen-bond acceptors (Lipinski definition) is 3. The smallest absolute Gasteiger partial charge is 0.119 e. The number of thiocarbonyl (C=S) groups is 1. The molecular formula is C15H13ClN2OS. The Balaban J connectivity index is 2.05. The maximum Gasteiger partial charge on any atom is 0.119 e. The third kappa shape index (κ3) is 2.32. The minimum Gasteiger partial charge on any atom is -0.497 e. The van der Waals surface area contributed by atoms with Crippen LogP contribution in [0.25, 0.3) is 0 Å². The zero-order valence-electron chi connectivity index (χ0n) is 10.9. The molecule has 0 radical (unpaired) electrons. The zero-order chi connectivity index (χ0) is 14.1. The molecule has 1 aliphatic heterocycles. The summed E-state index contributed by atoms with van der Waals surface area (Å²) in [5.41, 5.74) is 3.07. The van der Waals surface area contributed by atoms with E-state index in [4.69, 9.17) is 28.6 Å². The molecule has 3 nitrogen and oxygen atoms in total. The van der Waals surface area contributed by atoms with E-state index in [1.165, 1.54) is 0 Å². The Morgan fingerprint density at radius 2 is 1.95 bits per heavy atom. The SMILES string of the molecule is COc1ccc(N2CNC(=S)c3ccc(Cl)cc32)cc1. The molecule has 0 spiro atoms. The Morgan fingerprint density at radius 1 is 1.20 bits per heavy atom. The van der Waals surface area contributed by atoms with Crippen LogP contribution in [0.1, 0.15) is 5.56 Å². The second-order valence-corrected chi connectivity index (χ2v) is 5.30. The van der Waals surface area contributed by atoms with E-state index in [2.05, 4.69) is 10.2 Å². The van der Waals surface area contributed by atoms with E-state index < -0.39 is 0 Å². The molecule has 3 rings (SSSR count). The van der Waals surface area contributed by atoms with Gasteiger partial charge >= 0.3 is 0 Å². The van der Waals surface area contributed by atoms with Crippen molar-refractivity contribution in [3.8, 4) is 5.75 Å². The molecule has 0 bridgehead atoms. The van der Waals surface area contributed by atoms with Crippen molar-refractivity contribution in [2.45, 2.75) is 0 Å². The third-order valence-electron chi connectivity index (χ3n) is 3.28. The van der Waals surface area contributed by atoms with Gasteiger partial charge in [0.1, 0.15) is 10.7 Å². The lowest BCUT2D eigenvalue weighted by molar-refractivity contribution is 0.415. The van der Waals surface area contributed by atoms with Crippen LogP contribution in [0.4, 0.5) is 11.4 Å². The van der Waals surface area contributed by atoms with Gasteiger partial charge in [0, 0.05) is 16.3 Å². The van der Waals surface area contributed by atoms with Gasteiger partial charge in [0.25, 0.3) is 0 Å². The molecule has 5 heteroatoms. The second-order valence-electron chi connectivity index (χ2n) is 4.45. The number of benzene rings is 2. The molecule has 0 aliphatic carbocycles. The van der Waals surface area contributed by atoms with Gasteiger partial charge in [-0.25, -0.2) is 0 Å². The Hall–Kier alpha value is -1.78. The van der Waals surface area contributed by atoms with Gasteiger partial charge in [-0.2, -0.15) is 0 Å². The molecular weight excluding hydrogens is 292 g/mol. The first-order chi connectivity index (χ1) is 9.69. The Kier molecular flexibility index (Phi) is 3.51. The minimum atomic E-state index is 0.624. The van der Waals surface area contributed by atoms with E-state index in [-0.39, 0.29) is 0 Å². The largest absolute Gasteiger partial charge is 0.497 e. The minimum absolute atomic E-state index is 0.624. The van der Waals surface area contributed by atoms with Crippen LogP contribution >= 0.6 is 23.8 Å². The Labute approximate surface area is 128 Å². The van der Waals surface area contributed by atoms with Gasteiger partial charge in [0.2, 0.25) is 0 Å². The van der Waals surface area contributed by atoms with Crippen LogP contribution in [0, 0.1) is 0 Å². The third-order valence-corrected chi connectivity index (χ3v) is 3.88. The molecule has 2 aromatic carbocycles. The Bertz CT molecular complexity index is 657. The number of nitrogens with one attached hydrogen (secondary N) is 1. The van der Waals surface area contributed by atoms with Gasteiger partial charge in [-0.15, -0.1) is 0 Å². The second kappa shape index (κ2) is 5.31. The fourth-order valence-corrected chi connectivity index (χ4v) is 2.65. The molecule has 0 saturated heterocycles. The summed E-state index contributed by atoms with van der Waals surface area (Å²) in [6.45, 7) is 0.624. The molecule has 0 saturated carbocycles. The summed E-state index contributed by atoms with van der Waals surface area (Å²) >= 11 is 11.5. The van der Waals surface area contributed by atoms with E-state index >= 15 is 0 Å². The van der Waals surface area contributed by atoms with Crippen LogP contribution in [0.15, 0.2) is 42.5 Å². The number of fused-ring (bicyclic) bond motifs is 1. The Morgan fingerprint density at radius 3 is 2.65 bits per heavy atom. The number of halogens is 1. The fraction of sp³-hybridized carbons (Fsp3) is 0.133. The number of hydrogen-bond donors (Lipinski definition) is 1. The summed E-state index contributed by atoms with van der Waals surface area (Å²) in [5, 5.41) is 3.92. The van der Waals surface area contributed by atoms with Crippen molar-refractivity contribution < 1.29 is 4.74 Å². The number of ether oxygens (including phenoxy) is 1. The van der Waals surface area contributed by atoms with Gasteiger partial charge in [-0.05, 0) is 42.5 Å². The first kappa shape index (κ1) is 13.2. The first-order valence-corrected chi connectivity index (χ1v) is 6.97. The molecule has 0 atom stereocenters. The molecule has 20 heavy (non-hydrogen) atoms. The summed E-state index contributed by atoms with van der Waals surface area (Å²) in [7, 11) is 1.66. The molecule has 1 N–H and O–H groups in total. The highest BCUT2D eigenvalue weighted by Gasteiger charge is 2.21. The molecule has 2 aromatic rings. The van der Waals surface area contributed by atoms with Gasteiger partial charge in [0.15, 0.2) is 0 Å². The first-order valence-electron chi connectivity index (χ1n) is 6.18. The molecule has 0 aromatic heterocycles. The van der Waals surface area contributed by atoms with Crippen LogP contribution < -0.4 is 15.0 Å². The average Bonchev–Trinajstić information content (AvgIpc) is 2.48. The van der Waals surface area contributed by atoms with Crippen LogP contribution in [0.3, 0.4) is 0 Å². The van der Waals surface area contributed by atoms with Crippen LogP contribution in [-0.2, 0) is 0 Å². The van der Waals surface area contributed by atoms with Crippen LogP contribution in [0.2, 0.25) is 5.02 Å². The lowest BCUT2D eigenvalue weighted by Crippen LogP contribution is -2.40. The molecule has 1 aliphatic rings. The molecule has 102 valence electrons. The lowest BCUT2D eigenvalue weighted by Gasteiger charge is -2.32. The van der Waals surface area contributed by atoms with Crippen LogP contribution in [-0.4, -0.2) is 18.8 Å². The summed E-state index contributed by atoms with van der Waals surface area (Å²) < 4.78 is 5.19. The van der Waals surface area contributed by atoms with E-state index in [1.807, 2.05) is 42.5 Å². The van der Waals surface area contributed by atoms with Crippen molar-refractivity contribution in [1.29, 1.82) is 0 Å². The summed E-state index contributed by atoms with van der Waals surface area (Å²) in [6, 6.07) is 13.6. The predicted octanol–water partition coefficient (Wildman–Crippen LogP) is 3.72. The van der Waals surface area contributed by atoms with Crippen molar-refractivity contribution in [2.24, 2.45) is 0 Å². The highest BCUT2D eigenvalue weighted by Crippen LogP contribution is 2.33. The number of anilines is 2. The zero-order valence-corrected chi connectivity index (χ0v) is 12.5.